The highest BCUT2D eigenvalue weighted by molar-refractivity contribution is 6.65. The van der Waals surface area contributed by atoms with Crippen molar-refractivity contribution in [2.45, 2.75) is 38.9 Å². The molecular formula is C15H18BNO3. The summed E-state index contributed by atoms with van der Waals surface area (Å²) in [5.74, 6) is 0. The van der Waals surface area contributed by atoms with Crippen molar-refractivity contribution in [1.82, 2.24) is 4.98 Å². The standard InChI is InChI=1S/C15H18BNO3/c1-14(2)15(3,4)20-16(19-14)12-11-8-6-5-7-10(11)9-17-13(12)18/h5-9H,1-4H3,(H,17,18). The molecule has 4 nitrogen and oxygen atoms in total. The van der Waals surface area contributed by atoms with Crippen LogP contribution in [-0.2, 0) is 9.31 Å². The van der Waals surface area contributed by atoms with E-state index in [1.54, 1.807) is 6.20 Å². The van der Waals surface area contributed by atoms with Gasteiger partial charge in [0.1, 0.15) is 0 Å². The number of hydrogen-bond acceptors (Lipinski definition) is 3. The Balaban J connectivity index is 2.17. The molecule has 1 aromatic carbocycles. The van der Waals surface area contributed by atoms with Gasteiger partial charge in [0.25, 0.3) is 0 Å². The molecule has 0 amide bonds. The number of H-pyrrole nitrogens is 1. The second-order valence-corrected chi connectivity index (χ2v) is 6.21. The summed E-state index contributed by atoms with van der Waals surface area (Å²) < 4.78 is 12.0. The molecule has 2 heterocycles. The van der Waals surface area contributed by atoms with Gasteiger partial charge in [0.15, 0.2) is 0 Å². The Morgan fingerprint density at radius 3 is 2.30 bits per heavy atom. The molecule has 20 heavy (non-hydrogen) atoms. The second kappa shape index (κ2) is 4.20. The summed E-state index contributed by atoms with van der Waals surface area (Å²) in [5, 5.41) is 1.84. The topological polar surface area (TPSA) is 51.3 Å². The van der Waals surface area contributed by atoms with Crippen LogP contribution >= 0.6 is 0 Å². The summed E-state index contributed by atoms with van der Waals surface area (Å²) in [5.41, 5.74) is -0.536. The van der Waals surface area contributed by atoms with E-state index < -0.39 is 18.3 Å². The number of aromatic amines is 1. The first-order chi connectivity index (χ1) is 9.32. The van der Waals surface area contributed by atoms with Gasteiger partial charge in [-0.2, -0.15) is 0 Å². The van der Waals surface area contributed by atoms with Crippen molar-refractivity contribution in [1.29, 1.82) is 0 Å². The average Bonchev–Trinajstić information content (AvgIpc) is 2.57. The van der Waals surface area contributed by atoms with Crippen LogP contribution in [-0.4, -0.2) is 23.3 Å². The molecule has 0 saturated carbocycles. The maximum Gasteiger partial charge on any atom is 0.501 e. The zero-order chi connectivity index (χ0) is 14.5. The fraction of sp³-hybridized carbons (Fsp3) is 0.400. The predicted molar refractivity (Wildman–Crippen MR) is 80.3 cm³/mol. The first-order valence-corrected chi connectivity index (χ1v) is 6.78. The van der Waals surface area contributed by atoms with E-state index in [4.69, 9.17) is 9.31 Å². The van der Waals surface area contributed by atoms with E-state index >= 15 is 0 Å². The van der Waals surface area contributed by atoms with Crippen molar-refractivity contribution >= 4 is 23.4 Å². The van der Waals surface area contributed by atoms with Crippen molar-refractivity contribution in [2.24, 2.45) is 0 Å². The van der Waals surface area contributed by atoms with Crippen molar-refractivity contribution in [2.75, 3.05) is 0 Å². The molecule has 0 bridgehead atoms. The largest absolute Gasteiger partial charge is 0.501 e. The molecule has 1 fully saturated rings. The van der Waals surface area contributed by atoms with Gasteiger partial charge < -0.3 is 14.3 Å². The zero-order valence-electron chi connectivity index (χ0n) is 12.2. The third-order valence-electron chi connectivity index (χ3n) is 4.34. The second-order valence-electron chi connectivity index (χ2n) is 6.21. The minimum Gasteiger partial charge on any atom is -0.399 e. The Morgan fingerprint density at radius 1 is 1.05 bits per heavy atom. The number of pyridine rings is 1. The van der Waals surface area contributed by atoms with Gasteiger partial charge in [-0.05, 0) is 38.5 Å². The SMILES string of the molecule is CC1(C)OB(c2c(=O)[nH]cc3ccccc23)OC1(C)C. The maximum absolute atomic E-state index is 12.2. The first kappa shape index (κ1) is 13.4. The molecule has 0 spiro atoms. The molecule has 3 rings (SSSR count). The smallest absolute Gasteiger partial charge is 0.399 e. The molecular weight excluding hydrogens is 253 g/mol. The molecule has 1 aromatic heterocycles. The van der Waals surface area contributed by atoms with Gasteiger partial charge in [0, 0.05) is 6.20 Å². The van der Waals surface area contributed by atoms with E-state index in [9.17, 15) is 4.79 Å². The molecule has 0 unspecified atom stereocenters. The van der Waals surface area contributed by atoms with Gasteiger partial charge in [-0.15, -0.1) is 0 Å². The average molecular weight is 271 g/mol. The molecule has 0 aliphatic carbocycles. The highest BCUT2D eigenvalue weighted by atomic mass is 16.7. The Hall–Kier alpha value is -1.59. The van der Waals surface area contributed by atoms with Gasteiger partial charge in [-0.1, -0.05) is 24.3 Å². The fourth-order valence-corrected chi connectivity index (χ4v) is 2.41. The Labute approximate surface area is 118 Å². The van der Waals surface area contributed by atoms with E-state index in [0.717, 1.165) is 10.8 Å². The number of aromatic nitrogens is 1. The third kappa shape index (κ3) is 1.89. The summed E-state index contributed by atoms with van der Waals surface area (Å²) in [4.78, 5) is 15.0. The number of benzene rings is 1. The molecule has 5 heteroatoms. The van der Waals surface area contributed by atoms with E-state index in [0.29, 0.717) is 5.46 Å². The van der Waals surface area contributed by atoms with Crippen LogP contribution in [0.25, 0.3) is 10.8 Å². The van der Waals surface area contributed by atoms with Crippen LogP contribution in [0.2, 0.25) is 0 Å². The maximum atomic E-state index is 12.2. The normalized spacial score (nSPS) is 20.5. The molecule has 104 valence electrons. The molecule has 1 aliphatic rings. The monoisotopic (exact) mass is 271 g/mol. The van der Waals surface area contributed by atoms with Crippen LogP contribution in [0.15, 0.2) is 35.3 Å². The van der Waals surface area contributed by atoms with Crippen LogP contribution < -0.4 is 11.0 Å². The zero-order valence-corrected chi connectivity index (χ0v) is 12.2. The van der Waals surface area contributed by atoms with E-state index in [2.05, 4.69) is 4.98 Å². The van der Waals surface area contributed by atoms with Crippen molar-refractivity contribution < 1.29 is 9.31 Å². The Morgan fingerprint density at radius 2 is 1.65 bits per heavy atom. The van der Waals surface area contributed by atoms with Crippen LogP contribution in [0.5, 0.6) is 0 Å². The quantitative estimate of drug-likeness (QED) is 0.805. The number of hydrogen-bond donors (Lipinski definition) is 1. The highest BCUT2D eigenvalue weighted by Gasteiger charge is 2.52. The number of fused-ring (bicyclic) bond motifs is 1. The summed E-state index contributed by atoms with van der Waals surface area (Å²) in [6, 6.07) is 7.73. The van der Waals surface area contributed by atoms with Gasteiger partial charge >= 0.3 is 7.12 Å². The summed E-state index contributed by atoms with van der Waals surface area (Å²) in [6.45, 7) is 7.91. The van der Waals surface area contributed by atoms with Crippen molar-refractivity contribution in [3.05, 3.63) is 40.8 Å². The Kier molecular flexibility index (Phi) is 2.82. The minimum absolute atomic E-state index is 0.165. The van der Waals surface area contributed by atoms with Crippen LogP contribution in [0, 0.1) is 0 Å². The van der Waals surface area contributed by atoms with Crippen molar-refractivity contribution in [3.8, 4) is 0 Å². The Bertz CT molecular complexity index is 704. The van der Waals surface area contributed by atoms with Gasteiger partial charge in [0.05, 0.1) is 16.7 Å². The summed E-state index contributed by atoms with van der Waals surface area (Å²) in [6.07, 6.45) is 1.71. The summed E-state index contributed by atoms with van der Waals surface area (Å²) >= 11 is 0. The molecule has 1 saturated heterocycles. The lowest BCUT2D eigenvalue weighted by atomic mass is 9.77. The van der Waals surface area contributed by atoms with Crippen molar-refractivity contribution in [3.63, 3.8) is 0 Å². The van der Waals surface area contributed by atoms with Crippen LogP contribution in [0.1, 0.15) is 27.7 Å². The van der Waals surface area contributed by atoms with Gasteiger partial charge in [-0.3, -0.25) is 4.79 Å². The van der Waals surface area contributed by atoms with Gasteiger partial charge in [0.2, 0.25) is 5.56 Å². The van der Waals surface area contributed by atoms with E-state index in [1.807, 2.05) is 52.0 Å². The van der Waals surface area contributed by atoms with Crippen LogP contribution in [0.3, 0.4) is 0 Å². The third-order valence-corrected chi connectivity index (χ3v) is 4.34. The summed E-state index contributed by atoms with van der Waals surface area (Å²) in [7, 11) is -0.644. The van der Waals surface area contributed by atoms with E-state index in [1.165, 1.54) is 0 Å². The number of rotatable bonds is 1. The predicted octanol–water partition coefficient (Wildman–Crippen LogP) is 1.83. The molecule has 1 aliphatic heterocycles. The van der Waals surface area contributed by atoms with Crippen LogP contribution in [0.4, 0.5) is 0 Å². The lowest BCUT2D eigenvalue weighted by Crippen LogP contribution is -2.45. The molecule has 0 radical (unpaired) electrons. The molecule has 2 aromatic rings. The van der Waals surface area contributed by atoms with E-state index in [-0.39, 0.29) is 5.56 Å². The number of nitrogens with one attached hydrogen (secondary N) is 1. The molecule has 0 atom stereocenters. The molecule has 1 N–H and O–H groups in total. The lowest BCUT2D eigenvalue weighted by molar-refractivity contribution is 0.00578. The first-order valence-electron chi connectivity index (χ1n) is 6.78. The van der Waals surface area contributed by atoms with Gasteiger partial charge in [-0.25, -0.2) is 0 Å². The minimum atomic E-state index is -0.644. The lowest BCUT2D eigenvalue weighted by Gasteiger charge is -2.32. The fourth-order valence-electron chi connectivity index (χ4n) is 2.41. The highest BCUT2D eigenvalue weighted by Crippen LogP contribution is 2.36.